The summed E-state index contributed by atoms with van der Waals surface area (Å²) in [4.78, 5) is 0. The van der Waals surface area contributed by atoms with Crippen LogP contribution in [0.2, 0.25) is 0 Å². The summed E-state index contributed by atoms with van der Waals surface area (Å²) >= 11 is 0. The molecule has 0 radical (unpaired) electrons. The molecule has 0 fully saturated rings. The molecular formula is C17H19F. The average molecular weight is 242 g/mol. The second-order valence-corrected chi connectivity index (χ2v) is 5.66. The molecule has 0 saturated heterocycles. The monoisotopic (exact) mass is 242 g/mol. The standard InChI is InChI=1S/C17H19F/c1-10-4-6-14-13(12(10)3)8-9-16-15(14)7-5-11(2)17(16)18/h4-7,13,16H,8-9H2,1-3H3. The van der Waals surface area contributed by atoms with Crippen molar-refractivity contribution in [2.75, 3.05) is 0 Å². The third-order valence-corrected chi connectivity index (χ3v) is 4.68. The smallest absolute Gasteiger partial charge is 0.110 e. The number of fused-ring (bicyclic) bond motifs is 2. The number of rotatable bonds is 0. The van der Waals surface area contributed by atoms with Gasteiger partial charge in [-0.15, -0.1) is 0 Å². The fourth-order valence-electron chi connectivity index (χ4n) is 3.37. The molecule has 0 nitrogen and oxygen atoms in total. The molecular weight excluding hydrogens is 223 g/mol. The first-order chi connectivity index (χ1) is 8.59. The second-order valence-electron chi connectivity index (χ2n) is 5.66. The maximum atomic E-state index is 14.2. The lowest BCUT2D eigenvalue weighted by molar-refractivity contribution is 0.421. The summed E-state index contributed by atoms with van der Waals surface area (Å²) in [5, 5.41) is 0. The van der Waals surface area contributed by atoms with E-state index < -0.39 is 0 Å². The van der Waals surface area contributed by atoms with Crippen LogP contribution in [0.3, 0.4) is 0 Å². The topological polar surface area (TPSA) is 0 Å². The van der Waals surface area contributed by atoms with Gasteiger partial charge in [0, 0.05) is 11.8 Å². The van der Waals surface area contributed by atoms with Crippen LogP contribution in [0.1, 0.15) is 33.6 Å². The van der Waals surface area contributed by atoms with Crippen LogP contribution in [-0.4, -0.2) is 0 Å². The zero-order chi connectivity index (χ0) is 12.9. The van der Waals surface area contributed by atoms with Crippen LogP contribution in [0.5, 0.6) is 0 Å². The Bertz CT molecular complexity index is 502. The minimum absolute atomic E-state index is 0.0112. The molecule has 0 spiro atoms. The molecule has 0 aromatic carbocycles. The van der Waals surface area contributed by atoms with Gasteiger partial charge in [0.25, 0.3) is 0 Å². The van der Waals surface area contributed by atoms with Crippen molar-refractivity contribution in [1.82, 2.24) is 0 Å². The molecule has 0 N–H and O–H groups in total. The van der Waals surface area contributed by atoms with Crippen LogP contribution < -0.4 is 0 Å². The third-order valence-electron chi connectivity index (χ3n) is 4.68. The SMILES string of the molecule is CC1=C(C)C2CCC3C(F)=C(C)C=CC3=C2C=C1. The molecule has 0 aromatic heterocycles. The van der Waals surface area contributed by atoms with E-state index in [-0.39, 0.29) is 11.7 Å². The molecule has 3 aliphatic carbocycles. The second kappa shape index (κ2) is 4.08. The van der Waals surface area contributed by atoms with E-state index in [4.69, 9.17) is 0 Å². The summed E-state index contributed by atoms with van der Waals surface area (Å²) in [7, 11) is 0. The fourth-order valence-corrected chi connectivity index (χ4v) is 3.37. The Morgan fingerprint density at radius 3 is 2.11 bits per heavy atom. The van der Waals surface area contributed by atoms with Gasteiger partial charge in [-0.05, 0) is 50.3 Å². The van der Waals surface area contributed by atoms with E-state index in [9.17, 15) is 4.39 Å². The van der Waals surface area contributed by atoms with E-state index in [1.165, 1.54) is 22.3 Å². The Hall–Kier alpha value is -1.37. The van der Waals surface area contributed by atoms with Crippen molar-refractivity contribution < 1.29 is 4.39 Å². The molecule has 2 atom stereocenters. The quantitative estimate of drug-likeness (QED) is 0.559. The minimum atomic E-state index is 0.0112. The van der Waals surface area contributed by atoms with Gasteiger partial charge in [-0.2, -0.15) is 0 Å². The molecule has 3 aliphatic rings. The van der Waals surface area contributed by atoms with Crippen LogP contribution >= 0.6 is 0 Å². The highest BCUT2D eigenvalue weighted by Crippen LogP contribution is 2.47. The summed E-state index contributed by atoms with van der Waals surface area (Å²) in [5.74, 6) is 0.602. The predicted molar refractivity (Wildman–Crippen MR) is 73.7 cm³/mol. The zero-order valence-corrected chi connectivity index (χ0v) is 11.3. The van der Waals surface area contributed by atoms with E-state index in [0.29, 0.717) is 5.92 Å². The lowest BCUT2D eigenvalue weighted by atomic mass is 9.69. The molecule has 3 rings (SSSR count). The van der Waals surface area contributed by atoms with Gasteiger partial charge in [0.1, 0.15) is 5.83 Å². The number of hydrogen-bond donors (Lipinski definition) is 0. The normalized spacial score (nSPS) is 30.9. The molecule has 94 valence electrons. The van der Waals surface area contributed by atoms with Crippen molar-refractivity contribution in [2.45, 2.75) is 33.6 Å². The van der Waals surface area contributed by atoms with Gasteiger partial charge in [0.15, 0.2) is 0 Å². The van der Waals surface area contributed by atoms with Gasteiger partial charge in [-0.25, -0.2) is 4.39 Å². The van der Waals surface area contributed by atoms with Crippen LogP contribution in [0.15, 0.2) is 58.0 Å². The molecule has 0 aliphatic heterocycles. The molecule has 18 heavy (non-hydrogen) atoms. The largest absolute Gasteiger partial charge is 0.211 e. The Kier molecular flexibility index (Phi) is 2.65. The summed E-state index contributed by atoms with van der Waals surface area (Å²) in [6.07, 6.45) is 10.4. The van der Waals surface area contributed by atoms with Crippen molar-refractivity contribution in [1.29, 1.82) is 0 Å². The Balaban J connectivity index is 2.11. The Labute approximate surface area is 108 Å². The van der Waals surface area contributed by atoms with Crippen molar-refractivity contribution in [2.24, 2.45) is 11.8 Å². The third kappa shape index (κ3) is 1.57. The molecule has 0 bridgehead atoms. The van der Waals surface area contributed by atoms with Crippen LogP contribution in [0, 0.1) is 11.8 Å². The van der Waals surface area contributed by atoms with Crippen molar-refractivity contribution in [3.63, 3.8) is 0 Å². The fraction of sp³-hybridized carbons (Fsp3) is 0.412. The van der Waals surface area contributed by atoms with Gasteiger partial charge >= 0.3 is 0 Å². The number of halogens is 1. The van der Waals surface area contributed by atoms with Gasteiger partial charge in [0.2, 0.25) is 0 Å². The average Bonchev–Trinajstić information content (AvgIpc) is 2.38. The maximum absolute atomic E-state index is 14.2. The first-order valence-electron chi connectivity index (χ1n) is 6.73. The lowest BCUT2D eigenvalue weighted by Gasteiger charge is -2.36. The summed E-state index contributed by atoms with van der Waals surface area (Å²) in [6, 6.07) is 0. The summed E-state index contributed by atoms with van der Waals surface area (Å²) in [5.41, 5.74) is 6.17. The van der Waals surface area contributed by atoms with Crippen LogP contribution in [0.4, 0.5) is 4.39 Å². The first-order valence-corrected chi connectivity index (χ1v) is 6.73. The molecule has 0 saturated carbocycles. The van der Waals surface area contributed by atoms with Crippen molar-refractivity contribution >= 4 is 0 Å². The van der Waals surface area contributed by atoms with E-state index in [0.717, 1.165) is 18.4 Å². The van der Waals surface area contributed by atoms with Crippen molar-refractivity contribution in [3.8, 4) is 0 Å². The van der Waals surface area contributed by atoms with E-state index >= 15 is 0 Å². The maximum Gasteiger partial charge on any atom is 0.110 e. The Morgan fingerprint density at radius 2 is 1.39 bits per heavy atom. The van der Waals surface area contributed by atoms with Gasteiger partial charge in [-0.1, -0.05) is 35.5 Å². The van der Waals surface area contributed by atoms with E-state index in [2.05, 4.69) is 32.1 Å². The Morgan fingerprint density at radius 1 is 0.833 bits per heavy atom. The van der Waals surface area contributed by atoms with Crippen molar-refractivity contribution in [3.05, 3.63) is 58.0 Å². The highest BCUT2D eigenvalue weighted by molar-refractivity contribution is 5.53. The highest BCUT2D eigenvalue weighted by atomic mass is 19.1. The zero-order valence-electron chi connectivity index (χ0n) is 11.3. The van der Waals surface area contributed by atoms with Crippen LogP contribution in [-0.2, 0) is 0 Å². The van der Waals surface area contributed by atoms with Gasteiger partial charge in [-0.3, -0.25) is 0 Å². The van der Waals surface area contributed by atoms with Gasteiger partial charge in [0.05, 0.1) is 0 Å². The van der Waals surface area contributed by atoms with E-state index in [1.807, 2.05) is 13.0 Å². The first kappa shape index (κ1) is 11.7. The lowest BCUT2D eigenvalue weighted by Crippen LogP contribution is -2.23. The number of allylic oxidation sites excluding steroid dienone is 10. The molecule has 2 unspecified atom stereocenters. The molecule has 1 heteroatoms. The molecule has 0 heterocycles. The predicted octanol–water partition coefficient (Wildman–Crippen LogP) is 5.03. The van der Waals surface area contributed by atoms with E-state index in [1.54, 1.807) is 0 Å². The highest BCUT2D eigenvalue weighted by Gasteiger charge is 2.34. The molecule has 0 aromatic rings. The summed E-state index contributed by atoms with van der Waals surface area (Å²) in [6.45, 7) is 6.25. The number of hydrogen-bond acceptors (Lipinski definition) is 0. The molecule has 0 amide bonds. The minimum Gasteiger partial charge on any atom is -0.211 e. The summed E-state index contributed by atoms with van der Waals surface area (Å²) < 4.78 is 14.2. The van der Waals surface area contributed by atoms with Crippen LogP contribution in [0.25, 0.3) is 0 Å². The van der Waals surface area contributed by atoms with Gasteiger partial charge < -0.3 is 0 Å².